The number of carbonyl (C=O) groups is 1. The van der Waals surface area contributed by atoms with Crippen LogP contribution in [0.1, 0.15) is 53.2 Å². The molecule has 0 radical (unpaired) electrons. The fourth-order valence-electron chi connectivity index (χ4n) is 4.22. The third kappa shape index (κ3) is 5.43. The van der Waals surface area contributed by atoms with Gasteiger partial charge < -0.3 is 10.1 Å². The molecule has 0 unspecified atom stereocenters. The molecule has 0 heterocycles. The summed E-state index contributed by atoms with van der Waals surface area (Å²) in [6, 6.07) is 23.4. The average molecular weight is 465 g/mol. The molecule has 1 aliphatic rings. The highest BCUT2D eigenvalue weighted by Crippen LogP contribution is 2.28. The maximum Gasteiger partial charge on any atom is 0.252 e. The first-order chi connectivity index (χ1) is 16.0. The predicted octanol–water partition coefficient (Wildman–Crippen LogP) is 4.44. The van der Waals surface area contributed by atoms with Gasteiger partial charge in [0.1, 0.15) is 10.6 Å². The largest absolute Gasteiger partial charge is 0.495 e. The van der Waals surface area contributed by atoms with Crippen LogP contribution in [0.25, 0.3) is 0 Å². The van der Waals surface area contributed by atoms with Gasteiger partial charge in [-0.25, -0.2) is 13.1 Å². The zero-order valence-corrected chi connectivity index (χ0v) is 19.3. The number of rotatable bonds is 8. The highest BCUT2D eigenvalue weighted by atomic mass is 32.2. The normalized spacial score (nSPS) is 14.4. The zero-order chi connectivity index (χ0) is 23.3. The van der Waals surface area contributed by atoms with Crippen LogP contribution in [0.2, 0.25) is 0 Å². The molecule has 0 saturated heterocycles. The lowest BCUT2D eigenvalue weighted by atomic mass is 9.98. The van der Waals surface area contributed by atoms with E-state index in [1.165, 1.54) is 19.2 Å². The molecule has 0 atom stereocenters. The molecule has 1 aliphatic carbocycles. The number of methoxy groups -OCH3 is 1. The number of hydrogen-bond acceptors (Lipinski definition) is 4. The van der Waals surface area contributed by atoms with Gasteiger partial charge in [-0.05, 0) is 42.2 Å². The molecular weight excluding hydrogens is 436 g/mol. The van der Waals surface area contributed by atoms with Crippen LogP contribution in [0.3, 0.4) is 0 Å². The van der Waals surface area contributed by atoms with Gasteiger partial charge in [0.15, 0.2) is 0 Å². The summed E-state index contributed by atoms with van der Waals surface area (Å²) < 4.78 is 34.2. The Hall–Kier alpha value is -3.16. The number of amides is 1. The molecular formula is C26H28N2O4S. The molecule has 0 aliphatic heterocycles. The lowest BCUT2D eigenvalue weighted by Gasteiger charge is -2.20. The lowest BCUT2D eigenvalue weighted by Crippen LogP contribution is -2.33. The van der Waals surface area contributed by atoms with Gasteiger partial charge in [0.25, 0.3) is 5.91 Å². The lowest BCUT2D eigenvalue weighted by molar-refractivity contribution is 0.0942. The van der Waals surface area contributed by atoms with Crippen molar-refractivity contribution in [3.05, 3.63) is 95.6 Å². The second-order valence-electron chi connectivity index (χ2n) is 8.20. The Bertz CT molecular complexity index is 1150. The highest BCUT2D eigenvalue weighted by molar-refractivity contribution is 7.89. The molecule has 3 aromatic rings. The Labute approximate surface area is 195 Å². The number of hydrogen-bond donors (Lipinski definition) is 2. The minimum absolute atomic E-state index is 0.0273. The van der Waals surface area contributed by atoms with Crippen molar-refractivity contribution in [1.82, 2.24) is 10.0 Å². The van der Waals surface area contributed by atoms with Crippen LogP contribution in [0, 0.1) is 0 Å². The van der Waals surface area contributed by atoms with Crippen molar-refractivity contribution >= 4 is 15.9 Å². The van der Waals surface area contributed by atoms with Gasteiger partial charge in [0.2, 0.25) is 10.0 Å². The summed E-state index contributed by atoms with van der Waals surface area (Å²) in [5, 5.41) is 3.06. The van der Waals surface area contributed by atoms with E-state index in [2.05, 4.69) is 10.0 Å². The molecule has 33 heavy (non-hydrogen) atoms. The van der Waals surface area contributed by atoms with Crippen LogP contribution in [-0.4, -0.2) is 27.5 Å². The van der Waals surface area contributed by atoms with Crippen molar-refractivity contribution in [3.63, 3.8) is 0 Å². The van der Waals surface area contributed by atoms with Crippen molar-refractivity contribution in [2.45, 2.75) is 42.7 Å². The highest BCUT2D eigenvalue weighted by Gasteiger charge is 2.27. The van der Waals surface area contributed by atoms with Gasteiger partial charge in [-0.15, -0.1) is 0 Å². The zero-order valence-electron chi connectivity index (χ0n) is 18.5. The van der Waals surface area contributed by atoms with Crippen LogP contribution < -0.4 is 14.8 Å². The maximum atomic E-state index is 13.3. The smallest absolute Gasteiger partial charge is 0.252 e. The summed E-state index contributed by atoms with van der Waals surface area (Å²) in [4.78, 5) is 13.2. The molecule has 1 amide bonds. The minimum atomic E-state index is -3.83. The van der Waals surface area contributed by atoms with Crippen LogP contribution in [0.5, 0.6) is 5.75 Å². The summed E-state index contributed by atoms with van der Waals surface area (Å²) in [5.74, 6) is -0.160. The molecule has 1 saturated carbocycles. The first kappa shape index (κ1) is 23.0. The summed E-state index contributed by atoms with van der Waals surface area (Å²) in [5.41, 5.74) is 2.11. The van der Waals surface area contributed by atoms with Crippen molar-refractivity contribution in [3.8, 4) is 5.75 Å². The first-order valence-corrected chi connectivity index (χ1v) is 12.6. The van der Waals surface area contributed by atoms with Crippen LogP contribution in [-0.2, 0) is 10.0 Å². The summed E-state index contributed by atoms with van der Waals surface area (Å²) in [6.07, 6.45) is 3.65. The summed E-state index contributed by atoms with van der Waals surface area (Å²) in [7, 11) is -2.41. The molecule has 6 nitrogen and oxygen atoms in total. The van der Waals surface area contributed by atoms with Crippen molar-refractivity contribution in [1.29, 1.82) is 0 Å². The summed E-state index contributed by atoms with van der Waals surface area (Å²) in [6.45, 7) is 0. The molecule has 1 fully saturated rings. The van der Waals surface area contributed by atoms with Gasteiger partial charge in [-0.3, -0.25) is 4.79 Å². The van der Waals surface area contributed by atoms with E-state index in [0.29, 0.717) is 0 Å². The number of sulfonamides is 1. The number of nitrogens with one attached hydrogen (secondary N) is 2. The average Bonchev–Trinajstić information content (AvgIpc) is 3.35. The minimum Gasteiger partial charge on any atom is -0.495 e. The predicted molar refractivity (Wildman–Crippen MR) is 128 cm³/mol. The van der Waals surface area contributed by atoms with E-state index < -0.39 is 10.0 Å². The van der Waals surface area contributed by atoms with E-state index in [1.54, 1.807) is 6.07 Å². The fraction of sp³-hybridized carbons (Fsp3) is 0.269. The van der Waals surface area contributed by atoms with Crippen molar-refractivity contribution < 1.29 is 17.9 Å². The Morgan fingerprint density at radius 2 is 1.48 bits per heavy atom. The Balaban J connectivity index is 1.64. The Morgan fingerprint density at radius 3 is 2.03 bits per heavy atom. The van der Waals surface area contributed by atoms with Gasteiger partial charge in [0.05, 0.1) is 13.2 Å². The topological polar surface area (TPSA) is 84.5 Å². The number of carbonyl (C=O) groups excluding carboxylic acids is 1. The maximum absolute atomic E-state index is 13.3. The molecule has 4 rings (SSSR count). The first-order valence-electron chi connectivity index (χ1n) is 11.1. The molecule has 2 N–H and O–H groups in total. The van der Waals surface area contributed by atoms with E-state index >= 15 is 0 Å². The fourth-order valence-corrected chi connectivity index (χ4v) is 5.72. The van der Waals surface area contributed by atoms with Crippen LogP contribution >= 0.6 is 0 Å². The van der Waals surface area contributed by atoms with E-state index in [4.69, 9.17) is 4.74 Å². The standard InChI is InChI=1S/C26H28N2O4S/c1-32-23-17-16-21(18-24(23)33(30,31)28-22-14-8-9-15-22)26(29)27-25(19-10-4-2-5-11-19)20-12-6-3-7-13-20/h2-7,10-13,16-18,22,25,28H,8-9,14-15H2,1H3,(H,27,29). The van der Waals surface area contributed by atoms with E-state index in [1.807, 2.05) is 60.7 Å². The van der Waals surface area contributed by atoms with Gasteiger partial charge in [-0.1, -0.05) is 73.5 Å². The van der Waals surface area contributed by atoms with Crippen LogP contribution in [0.15, 0.2) is 83.8 Å². The van der Waals surface area contributed by atoms with Crippen LogP contribution in [0.4, 0.5) is 0 Å². The molecule has 7 heteroatoms. The third-order valence-electron chi connectivity index (χ3n) is 5.93. The Kier molecular flexibility index (Phi) is 7.11. The monoisotopic (exact) mass is 464 g/mol. The van der Waals surface area contributed by atoms with E-state index in [9.17, 15) is 13.2 Å². The molecule has 0 aromatic heterocycles. The third-order valence-corrected chi connectivity index (χ3v) is 7.48. The van der Waals surface area contributed by atoms with E-state index in [0.717, 1.165) is 36.8 Å². The molecule has 0 bridgehead atoms. The summed E-state index contributed by atoms with van der Waals surface area (Å²) >= 11 is 0. The van der Waals surface area contributed by atoms with Gasteiger partial charge >= 0.3 is 0 Å². The molecule has 172 valence electrons. The second kappa shape index (κ2) is 10.2. The quantitative estimate of drug-likeness (QED) is 0.516. The second-order valence-corrected chi connectivity index (χ2v) is 9.88. The molecule has 3 aromatic carbocycles. The van der Waals surface area contributed by atoms with Crippen molar-refractivity contribution in [2.24, 2.45) is 0 Å². The number of benzene rings is 3. The Morgan fingerprint density at radius 1 is 0.909 bits per heavy atom. The van der Waals surface area contributed by atoms with Gasteiger partial charge in [0, 0.05) is 11.6 Å². The van der Waals surface area contributed by atoms with Gasteiger partial charge in [-0.2, -0.15) is 0 Å². The molecule has 0 spiro atoms. The number of ether oxygens (including phenoxy) is 1. The van der Waals surface area contributed by atoms with E-state index in [-0.39, 0.29) is 34.2 Å². The van der Waals surface area contributed by atoms with Crippen molar-refractivity contribution in [2.75, 3.05) is 7.11 Å². The SMILES string of the molecule is COc1ccc(C(=O)NC(c2ccccc2)c2ccccc2)cc1S(=O)(=O)NC1CCCC1.